The number of phenolic OH excluding ortho intramolecular Hbond substituents is 1. The lowest BCUT2D eigenvalue weighted by atomic mass is 10.2. The molecule has 0 radical (unpaired) electrons. The second-order valence-corrected chi connectivity index (χ2v) is 4.32. The lowest BCUT2D eigenvalue weighted by Crippen LogP contribution is -1.79. The van der Waals surface area contributed by atoms with Crippen LogP contribution in [0.4, 0.5) is 0 Å². The Morgan fingerprint density at radius 2 is 1.43 bits per heavy atom. The molecule has 0 amide bonds. The summed E-state index contributed by atoms with van der Waals surface area (Å²) in [6, 6.07) is 13.1. The van der Waals surface area contributed by atoms with Crippen molar-refractivity contribution in [3.63, 3.8) is 0 Å². The lowest BCUT2D eigenvalue weighted by Gasteiger charge is -1.96. The summed E-state index contributed by atoms with van der Waals surface area (Å²) < 4.78 is 0. The SMILES string of the molecule is Oc1cccc2cncnc12.c1ccc2ncncc2c1. The Bertz CT molecular complexity index is 809. The van der Waals surface area contributed by atoms with Gasteiger partial charge in [0, 0.05) is 23.2 Å². The molecular formula is C16H12N4O. The Hall–Kier alpha value is -3.08. The van der Waals surface area contributed by atoms with Crippen LogP contribution < -0.4 is 0 Å². The van der Waals surface area contributed by atoms with E-state index in [1.807, 2.05) is 36.5 Å². The maximum atomic E-state index is 9.28. The predicted octanol–water partition coefficient (Wildman–Crippen LogP) is 2.97. The van der Waals surface area contributed by atoms with Crippen molar-refractivity contribution in [2.75, 3.05) is 0 Å². The Labute approximate surface area is 121 Å². The van der Waals surface area contributed by atoms with Gasteiger partial charge in [-0.2, -0.15) is 0 Å². The van der Waals surface area contributed by atoms with Gasteiger partial charge in [0.05, 0.1) is 5.52 Å². The average Bonchev–Trinajstić information content (AvgIpc) is 2.56. The van der Waals surface area contributed by atoms with Gasteiger partial charge in [-0.3, -0.25) is 0 Å². The van der Waals surface area contributed by atoms with Crippen LogP contribution in [0, 0.1) is 0 Å². The zero-order valence-electron chi connectivity index (χ0n) is 11.1. The van der Waals surface area contributed by atoms with Crippen molar-refractivity contribution in [1.29, 1.82) is 0 Å². The highest BCUT2D eigenvalue weighted by molar-refractivity contribution is 5.82. The molecule has 0 unspecified atom stereocenters. The van der Waals surface area contributed by atoms with Crippen LogP contribution in [0.5, 0.6) is 5.75 Å². The summed E-state index contributed by atoms with van der Waals surface area (Å²) in [5.74, 6) is 0.199. The van der Waals surface area contributed by atoms with Gasteiger partial charge < -0.3 is 5.11 Å². The van der Waals surface area contributed by atoms with Crippen molar-refractivity contribution in [2.45, 2.75) is 0 Å². The molecule has 0 aliphatic heterocycles. The normalized spacial score (nSPS) is 10.1. The van der Waals surface area contributed by atoms with E-state index in [1.165, 1.54) is 6.33 Å². The van der Waals surface area contributed by atoms with Crippen molar-refractivity contribution in [1.82, 2.24) is 19.9 Å². The van der Waals surface area contributed by atoms with Crippen molar-refractivity contribution < 1.29 is 5.11 Å². The number of aromatic nitrogens is 4. The molecule has 2 aromatic heterocycles. The van der Waals surface area contributed by atoms with Gasteiger partial charge in [-0.25, -0.2) is 19.9 Å². The largest absolute Gasteiger partial charge is 0.506 e. The maximum absolute atomic E-state index is 9.28. The van der Waals surface area contributed by atoms with Crippen molar-refractivity contribution in [2.24, 2.45) is 0 Å². The molecule has 0 saturated heterocycles. The summed E-state index contributed by atoms with van der Waals surface area (Å²) in [5, 5.41) is 11.2. The number of hydrogen-bond donors (Lipinski definition) is 1. The topological polar surface area (TPSA) is 71.8 Å². The molecule has 0 saturated carbocycles. The number of benzene rings is 2. The first kappa shape index (κ1) is 12.9. The number of fused-ring (bicyclic) bond motifs is 2. The zero-order chi connectivity index (χ0) is 14.5. The number of para-hydroxylation sites is 2. The van der Waals surface area contributed by atoms with Crippen LogP contribution in [0.3, 0.4) is 0 Å². The lowest BCUT2D eigenvalue weighted by molar-refractivity contribution is 0.480. The molecular weight excluding hydrogens is 264 g/mol. The molecule has 0 fully saturated rings. The van der Waals surface area contributed by atoms with E-state index in [0.29, 0.717) is 5.52 Å². The van der Waals surface area contributed by atoms with E-state index >= 15 is 0 Å². The first-order valence-corrected chi connectivity index (χ1v) is 6.37. The van der Waals surface area contributed by atoms with E-state index in [2.05, 4.69) is 19.9 Å². The molecule has 0 bridgehead atoms. The van der Waals surface area contributed by atoms with Crippen LogP contribution in [-0.4, -0.2) is 25.0 Å². The van der Waals surface area contributed by atoms with Gasteiger partial charge in [-0.15, -0.1) is 0 Å². The first-order valence-electron chi connectivity index (χ1n) is 6.37. The van der Waals surface area contributed by atoms with Gasteiger partial charge in [0.1, 0.15) is 23.9 Å². The zero-order valence-corrected chi connectivity index (χ0v) is 11.1. The summed E-state index contributed by atoms with van der Waals surface area (Å²) in [6.07, 6.45) is 6.45. The monoisotopic (exact) mass is 276 g/mol. The molecule has 5 heteroatoms. The highest BCUT2D eigenvalue weighted by Gasteiger charge is 1.97. The molecule has 4 rings (SSSR count). The number of aromatic hydroxyl groups is 1. The van der Waals surface area contributed by atoms with Crippen LogP contribution in [0.25, 0.3) is 21.8 Å². The van der Waals surface area contributed by atoms with Crippen molar-refractivity contribution in [3.05, 3.63) is 67.5 Å². The maximum Gasteiger partial charge on any atom is 0.141 e. The summed E-state index contributed by atoms with van der Waals surface area (Å²) in [4.78, 5) is 15.7. The smallest absolute Gasteiger partial charge is 0.141 e. The van der Waals surface area contributed by atoms with Crippen LogP contribution in [0.15, 0.2) is 67.5 Å². The van der Waals surface area contributed by atoms with Crippen LogP contribution in [0.2, 0.25) is 0 Å². The van der Waals surface area contributed by atoms with Crippen molar-refractivity contribution in [3.8, 4) is 5.75 Å². The van der Waals surface area contributed by atoms with E-state index in [0.717, 1.165) is 16.3 Å². The first-order chi connectivity index (χ1) is 10.3. The molecule has 4 aromatic rings. The van der Waals surface area contributed by atoms with E-state index in [9.17, 15) is 5.11 Å². The second kappa shape index (κ2) is 5.92. The highest BCUT2D eigenvalue weighted by Crippen LogP contribution is 2.19. The Kier molecular flexibility index (Phi) is 3.64. The third-order valence-electron chi connectivity index (χ3n) is 2.93. The Morgan fingerprint density at radius 3 is 2.24 bits per heavy atom. The number of nitrogens with zero attached hydrogens (tertiary/aromatic N) is 4. The average molecular weight is 276 g/mol. The molecule has 5 nitrogen and oxygen atoms in total. The van der Waals surface area contributed by atoms with Gasteiger partial charge in [0.15, 0.2) is 0 Å². The molecule has 21 heavy (non-hydrogen) atoms. The van der Waals surface area contributed by atoms with E-state index < -0.39 is 0 Å². The molecule has 0 aliphatic carbocycles. The van der Waals surface area contributed by atoms with Gasteiger partial charge in [-0.1, -0.05) is 30.3 Å². The molecule has 2 heterocycles. The number of rotatable bonds is 0. The predicted molar refractivity (Wildman–Crippen MR) is 80.7 cm³/mol. The highest BCUT2D eigenvalue weighted by atomic mass is 16.3. The summed E-state index contributed by atoms with van der Waals surface area (Å²) >= 11 is 0. The molecule has 0 spiro atoms. The molecule has 102 valence electrons. The molecule has 0 atom stereocenters. The molecule has 2 aromatic carbocycles. The minimum atomic E-state index is 0.199. The van der Waals surface area contributed by atoms with Crippen LogP contribution in [0.1, 0.15) is 0 Å². The third-order valence-corrected chi connectivity index (χ3v) is 2.93. The van der Waals surface area contributed by atoms with Crippen LogP contribution >= 0.6 is 0 Å². The quantitative estimate of drug-likeness (QED) is 0.534. The second-order valence-electron chi connectivity index (χ2n) is 4.32. The molecule has 0 aliphatic rings. The van der Waals surface area contributed by atoms with E-state index in [4.69, 9.17) is 0 Å². The van der Waals surface area contributed by atoms with E-state index in [-0.39, 0.29) is 5.75 Å². The van der Waals surface area contributed by atoms with Gasteiger partial charge >= 0.3 is 0 Å². The fourth-order valence-corrected chi connectivity index (χ4v) is 1.92. The molecule has 1 N–H and O–H groups in total. The number of hydrogen-bond acceptors (Lipinski definition) is 5. The van der Waals surface area contributed by atoms with Crippen molar-refractivity contribution >= 4 is 21.8 Å². The fraction of sp³-hybridized carbons (Fsp3) is 0. The number of phenols is 1. The Balaban J connectivity index is 0.000000126. The fourth-order valence-electron chi connectivity index (χ4n) is 1.92. The summed E-state index contributed by atoms with van der Waals surface area (Å²) in [6.45, 7) is 0. The summed E-state index contributed by atoms with van der Waals surface area (Å²) in [5.41, 5.74) is 1.60. The third kappa shape index (κ3) is 2.92. The van der Waals surface area contributed by atoms with Gasteiger partial charge in [-0.05, 0) is 12.1 Å². The van der Waals surface area contributed by atoms with E-state index in [1.54, 1.807) is 24.7 Å². The Morgan fingerprint density at radius 1 is 0.714 bits per heavy atom. The van der Waals surface area contributed by atoms with Gasteiger partial charge in [0.2, 0.25) is 0 Å². The van der Waals surface area contributed by atoms with Crippen LogP contribution in [-0.2, 0) is 0 Å². The summed E-state index contributed by atoms with van der Waals surface area (Å²) in [7, 11) is 0. The standard InChI is InChI=1S/C8H6N2O.C8H6N2/c11-7-3-1-2-6-4-9-5-10-8(6)7;1-2-4-8-7(3-1)5-9-6-10-8/h1-5,11H;1-6H. The van der Waals surface area contributed by atoms with Gasteiger partial charge in [0.25, 0.3) is 0 Å². The minimum Gasteiger partial charge on any atom is -0.506 e. The minimum absolute atomic E-state index is 0.199.